The molecule has 1 aliphatic rings. The van der Waals surface area contributed by atoms with Crippen LogP contribution in [0.25, 0.3) is 11.1 Å². The number of ketones is 1. The highest BCUT2D eigenvalue weighted by Gasteiger charge is 2.37. The molecule has 7 heteroatoms. The largest absolute Gasteiger partial charge is 0.487 e. The summed E-state index contributed by atoms with van der Waals surface area (Å²) in [7, 11) is 0. The van der Waals surface area contributed by atoms with Crippen LogP contribution in [-0.4, -0.2) is 11.4 Å². The van der Waals surface area contributed by atoms with Gasteiger partial charge in [0.1, 0.15) is 23.0 Å². The summed E-state index contributed by atoms with van der Waals surface area (Å²) in [4.78, 5) is 13.3. The molecule has 184 valence electrons. The molecule has 0 amide bonds. The molecule has 1 heterocycles. The minimum Gasteiger partial charge on any atom is -0.487 e. The van der Waals surface area contributed by atoms with Gasteiger partial charge in [0.05, 0.1) is 17.5 Å². The van der Waals surface area contributed by atoms with E-state index < -0.39 is 29.0 Å². The second-order valence-corrected chi connectivity index (χ2v) is 9.80. The van der Waals surface area contributed by atoms with E-state index >= 15 is 0 Å². The maximum atomic E-state index is 14.4. The number of benzene rings is 3. The average molecular weight is 488 g/mol. The molecule has 0 radical (unpaired) electrons. The molecule has 0 saturated carbocycles. The lowest BCUT2D eigenvalue weighted by molar-refractivity contribution is -0.140. The maximum absolute atomic E-state index is 14.4. The molecule has 2 nitrogen and oxygen atoms in total. The van der Waals surface area contributed by atoms with E-state index in [0.29, 0.717) is 33.6 Å². The zero-order chi connectivity index (χ0) is 25.7. The normalized spacial score (nSPS) is 15.2. The first-order chi connectivity index (χ1) is 16.3. The van der Waals surface area contributed by atoms with Gasteiger partial charge in [-0.05, 0) is 78.8 Å². The van der Waals surface area contributed by atoms with Crippen molar-refractivity contribution in [2.24, 2.45) is 0 Å². The summed E-state index contributed by atoms with van der Waals surface area (Å²) in [5, 5.41) is 0. The minimum absolute atomic E-state index is 0.0439. The van der Waals surface area contributed by atoms with Crippen molar-refractivity contribution in [1.82, 2.24) is 0 Å². The zero-order valence-electron chi connectivity index (χ0n) is 19.8. The van der Waals surface area contributed by atoms with E-state index in [-0.39, 0.29) is 24.5 Å². The quantitative estimate of drug-likeness (QED) is 0.347. The first-order valence-corrected chi connectivity index (χ1v) is 11.3. The standard InChI is InChI=1S/C28H25F5O2/c1-15(2)19-13-24-26(23(34)14-27(3,4)35-24)25(17-6-8-18(29)9-7-17)20(19)11-16-5-10-21(22(30)12-16)28(31,32)33/h5-10,12-13,15H,11,14H2,1-4H3. The summed E-state index contributed by atoms with van der Waals surface area (Å²) in [6.07, 6.45) is -4.59. The first kappa shape index (κ1) is 24.9. The van der Waals surface area contributed by atoms with Crippen molar-refractivity contribution < 1.29 is 31.5 Å². The van der Waals surface area contributed by atoms with Crippen molar-refractivity contribution in [3.63, 3.8) is 0 Å². The summed E-state index contributed by atoms with van der Waals surface area (Å²) >= 11 is 0. The predicted octanol–water partition coefficient (Wildman–Crippen LogP) is 8.11. The van der Waals surface area contributed by atoms with Gasteiger partial charge in [-0.25, -0.2) is 8.78 Å². The Labute approximate surface area is 200 Å². The molecule has 0 aromatic heterocycles. The molecule has 35 heavy (non-hydrogen) atoms. The fraction of sp³-hybridized carbons (Fsp3) is 0.321. The second kappa shape index (κ2) is 8.77. The molecule has 4 rings (SSSR count). The Balaban J connectivity index is 1.97. The van der Waals surface area contributed by atoms with Crippen LogP contribution >= 0.6 is 0 Å². The number of rotatable bonds is 4. The molecular formula is C28H25F5O2. The van der Waals surface area contributed by atoms with Gasteiger partial charge in [-0.15, -0.1) is 0 Å². The van der Waals surface area contributed by atoms with Gasteiger partial charge in [-0.1, -0.05) is 32.0 Å². The Hall–Kier alpha value is -3.22. The third-order valence-corrected chi connectivity index (χ3v) is 6.16. The van der Waals surface area contributed by atoms with Crippen LogP contribution in [0.2, 0.25) is 0 Å². The number of carbonyl (C=O) groups excluding carboxylic acids is 1. The van der Waals surface area contributed by atoms with Gasteiger partial charge in [0.2, 0.25) is 0 Å². The number of ether oxygens (including phenoxy) is 1. The molecule has 3 aromatic rings. The highest BCUT2D eigenvalue weighted by Crippen LogP contribution is 2.45. The van der Waals surface area contributed by atoms with Gasteiger partial charge in [-0.3, -0.25) is 4.79 Å². The predicted molar refractivity (Wildman–Crippen MR) is 124 cm³/mol. The van der Waals surface area contributed by atoms with Crippen molar-refractivity contribution in [3.05, 3.63) is 88.0 Å². The maximum Gasteiger partial charge on any atom is 0.419 e. The Bertz CT molecular complexity index is 1290. The average Bonchev–Trinajstić information content (AvgIpc) is 2.72. The van der Waals surface area contributed by atoms with E-state index in [0.717, 1.165) is 17.7 Å². The SMILES string of the molecule is CC(C)c1cc2c(c(-c3ccc(F)cc3)c1Cc1ccc(C(F)(F)F)c(F)c1)C(=O)CC(C)(C)O2. The van der Waals surface area contributed by atoms with Gasteiger partial charge in [0.25, 0.3) is 0 Å². The highest BCUT2D eigenvalue weighted by molar-refractivity contribution is 6.07. The van der Waals surface area contributed by atoms with Gasteiger partial charge in [0, 0.05) is 5.56 Å². The van der Waals surface area contributed by atoms with Crippen molar-refractivity contribution in [3.8, 4) is 16.9 Å². The summed E-state index contributed by atoms with van der Waals surface area (Å²) < 4.78 is 73.5. The van der Waals surface area contributed by atoms with Gasteiger partial charge >= 0.3 is 6.18 Å². The summed E-state index contributed by atoms with van der Waals surface area (Å²) in [5.74, 6) is -1.58. The molecule has 0 bridgehead atoms. The van der Waals surface area contributed by atoms with E-state index in [4.69, 9.17) is 4.74 Å². The molecule has 0 aliphatic carbocycles. The van der Waals surface area contributed by atoms with Crippen molar-refractivity contribution in [2.45, 2.75) is 58.2 Å². The third kappa shape index (κ3) is 4.95. The van der Waals surface area contributed by atoms with Gasteiger partial charge in [-0.2, -0.15) is 13.2 Å². The van der Waals surface area contributed by atoms with Crippen LogP contribution in [0.3, 0.4) is 0 Å². The minimum atomic E-state index is -4.80. The van der Waals surface area contributed by atoms with Crippen molar-refractivity contribution in [1.29, 1.82) is 0 Å². The Morgan fingerprint density at radius 2 is 1.63 bits per heavy atom. The Morgan fingerprint density at radius 1 is 0.971 bits per heavy atom. The number of alkyl halides is 3. The van der Waals surface area contributed by atoms with Crippen LogP contribution in [0.15, 0.2) is 48.5 Å². The number of halogens is 5. The number of carbonyl (C=O) groups is 1. The fourth-order valence-corrected chi connectivity index (χ4v) is 4.63. The lowest BCUT2D eigenvalue weighted by Crippen LogP contribution is -2.36. The Kier molecular flexibility index (Phi) is 6.24. The van der Waals surface area contributed by atoms with Crippen LogP contribution in [0.1, 0.15) is 72.6 Å². The van der Waals surface area contributed by atoms with Gasteiger partial charge in [0.15, 0.2) is 5.78 Å². The molecule has 0 N–H and O–H groups in total. The van der Waals surface area contributed by atoms with Gasteiger partial charge < -0.3 is 4.74 Å². The molecule has 0 saturated heterocycles. The summed E-state index contributed by atoms with van der Waals surface area (Å²) in [6.45, 7) is 7.53. The zero-order valence-corrected chi connectivity index (χ0v) is 19.8. The lowest BCUT2D eigenvalue weighted by atomic mass is 9.80. The summed E-state index contributed by atoms with van der Waals surface area (Å²) in [5.41, 5.74) is 1.22. The highest BCUT2D eigenvalue weighted by atomic mass is 19.4. The molecule has 0 spiro atoms. The van der Waals surface area contributed by atoms with E-state index in [9.17, 15) is 26.7 Å². The second-order valence-electron chi connectivity index (χ2n) is 9.80. The van der Waals surface area contributed by atoms with Crippen molar-refractivity contribution >= 4 is 5.78 Å². The topological polar surface area (TPSA) is 26.3 Å². The van der Waals surface area contributed by atoms with E-state index in [1.54, 1.807) is 18.2 Å². The first-order valence-electron chi connectivity index (χ1n) is 11.3. The number of fused-ring (bicyclic) bond motifs is 1. The van der Waals surface area contributed by atoms with Crippen LogP contribution in [0, 0.1) is 11.6 Å². The molecule has 3 aromatic carbocycles. The Morgan fingerprint density at radius 3 is 2.20 bits per heavy atom. The molecular weight excluding hydrogens is 463 g/mol. The molecule has 1 aliphatic heterocycles. The third-order valence-electron chi connectivity index (χ3n) is 6.16. The van der Waals surface area contributed by atoms with Crippen LogP contribution in [-0.2, 0) is 12.6 Å². The number of hydrogen-bond acceptors (Lipinski definition) is 2. The van der Waals surface area contributed by atoms with Crippen molar-refractivity contribution in [2.75, 3.05) is 0 Å². The monoisotopic (exact) mass is 488 g/mol. The molecule has 0 atom stereocenters. The molecule has 0 fully saturated rings. The lowest BCUT2D eigenvalue weighted by Gasteiger charge is -2.34. The van der Waals surface area contributed by atoms with E-state index in [1.807, 2.05) is 27.7 Å². The fourth-order valence-electron chi connectivity index (χ4n) is 4.63. The van der Waals surface area contributed by atoms with E-state index in [1.165, 1.54) is 18.2 Å². The van der Waals surface area contributed by atoms with Crippen LogP contribution < -0.4 is 4.74 Å². The summed E-state index contributed by atoms with van der Waals surface area (Å²) in [6, 6.07) is 10.3. The van der Waals surface area contributed by atoms with Crippen LogP contribution in [0.5, 0.6) is 5.75 Å². The number of Topliss-reactive ketones (excluding diaryl/α,β-unsaturated/α-hetero) is 1. The van der Waals surface area contributed by atoms with E-state index in [2.05, 4.69) is 0 Å². The number of hydrogen-bond donors (Lipinski definition) is 0. The smallest absolute Gasteiger partial charge is 0.419 e. The van der Waals surface area contributed by atoms with Crippen LogP contribution in [0.4, 0.5) is 22.0 Å². The molecule has 0 unspecified atom stereocenters.